The number of phenols is 1. The molecule has 0 aliphatic carbocycles. The van der Waals surface area contributed by atoms with Gasteiger partial charge in [0.25, 0.3) is 0 Å². The van der Waals surface area contributed by atoms with Crippen LogP contribution in [0.1, 0.15) is 21.8 Å². The van der Waals surface area contributed by atoms with Crippen LogP contribution in [0.25, 0.3) is 0 Å². The highest BCUT2D eigenvalue weighted by molar-refractivity contribution is 6.04. The molecule has 3 nitrogen and oxygen atoms in total. The molecule has 1 aliphatic heterocycles. The number of benzene rings is 2. The van der Waals surface area contributed by atoms with Gasteiger partial charge in [-0.1, -0.05) is 30.3 Å². The topological polar surface area (TPSA) is 46.5 Å². The Balaban J connectivity index is 2.02. The zero-order valence-electron chi connectivity index (χ0n) is 9.67. The molecular weight excluding hydrogens is 228 g/mol. The van der Waals surface area contributed by atoms with Gasteiger partial charge in [0.05, 0.1) is 11.5 Å². The molecule has 3 heteroatoms. The lowest BCUT2D eigenvalue weighted by molar-refractivity contribution is 0.0895. The largest absolute Gasteiger partial charge is 0.508 e. The number of carbonyl (C=O) groups is 1. The fourth-order valence-electron chi connectivity index (χ4n) is 2.21. The second-order valence-electron chi connectivity index (χ2n) is 4.32. The van der Waals surface area contributed by atoms with Gasteiger partial charge < -0.3 is 9.84 Å². The fourth-order valence-corrected chi connectivity index (χ4v) is 2.21. The lowest BCUT2D eigenvalue weighted by Crippen LogP contribution is -2.25. The summed E-state index contributed by atoms with van der Waals surface area (Å²) >= 11 is 0. The van der Waals surface area contributed by atoms with Crippen molar-refractivity contribution in [1.82, 2.24) is 0 Å². The average Bonchev–Trinajstić information content (AvgIpc) is 2.41. The molecule has 1 unspecified atom stereocenters. The van der Waals surface area contributed by atoms with E-state index in [1.807, 2.05) is 30.3 Å². The lowest BCUT2D eigenvalue weighted by atomic mass is 9.89. The van der Waals surface area contributed by atoms with Crippen molar-refractivity contribution >= 4 is 5.78 Å². The van der Waals surface area contributed by atoms with Gasteiger partial charge in [-0.05, 0) is 23.8 Å². The summed E-state index contributed by atoms with van der Waals surface area (Å²) in [5, 5.41) is 9.46. The molecule has 1 heterocycles. The van der Waals surface area contributed by atoms with Crippen molar-refractivity contribution in [2.75, 3.05) is 6.61 Å². The van der Waals surface area contributed by atoms with Crippen LogP contribution in [-0.2, 0) is 0 Å². The summed E-state index contributed by atoms with van der Waals surface area (Å²) in [6.45, 7) is 0.348. The number of hydrogen-bond donors (Lipinski definition) is 1. The van der Waals surface area contributed by atoms with Crippen LogP contribution in [0.5, 0.6) is 11.5 Å². The van der Waals surface area contributed by atoms with Gasteiger partial charge in [-0.2, -0.15) is 0 Å². The molecule has 0 saturated heterocycles. The van der Waals surface area contributed by atoms with E-state index in [1.165, 1.54) is 12.1 Å². The van der Waals surface area contributed by atoms with Gasteiger partial charge in [-0.25, -0.2) is 0 Å². The second kappa shape index (κ2) is 4.18. The third-order valence-electron chi connectivity index (χ3n) is 3.15. The summed E-state index contributed by atoms with van der Waals surface area (Å²) in [4.78, 5) is 12.4. The van der Waals surface area contributed by atoms with Crippen LogP contribution >= 0.6 is 0 Å². The molecule has 18 heavy (non-hydrogen) atoms. The Kier molecular flexibility index (Phi) is 2.52. The Morgan fingerprint density at radius 2 is 1.89 bits per heavy atom. The zero-order valence-corrected chi connectivity index (χ0v) is 9.67. The summed E-state index contributed by atoms with van der Waals surface area (Å²) in [6.07, 6.45) is 0. The smallest absolute Gasteiger partial charge is 0.177 e. The van der Waals surface area contributed by atoms with Gasteiger partial charge in [0.15, 0.2) is 5.78 Å². The molecule has 0 bridgehead atoms. The molecule has 1 atom stereocenters. The maximum atomic E-state index is 12.4. The molecule has 0 saturated carbocycles. The number of phenolic OH excluding ortho intramolecular Hbond substituents is 1. The third-order valence-corrected chi connectivity index (χ3v) is 3.15. The summed E-state index contributed by atoms with van der Waals surface area (Å²) in [5.74, 6) is 0.336. The summed E-state index contributed by atoms with van der Waals surface area (Å²) < 4.78 is 5.58. The average molecular weight is 240 g/mol. The summed E-state index contributed by atoms with van der Waals surface area (Å²) in [6, 6.07) is 14.2. The molecule has 0 aromatic heterocycles. The molecule has 2 aromatic carbocycles. The van der Waals surface area contributed by atoms with Crippen molar-refractivity contribution in [3.8, 4) is 11.5 Å². The standard InChI is InChI=1S/C15H12O3/c16-11-6-7-14-12(8-11)15(17)13(9-18-14)10-4-2-1-3-5-10/h1-8,13,16H,9H2. The highest BCUT2D eigenvalue weighted by Gasteiger charge is 2.30. The van der Waals surface area contributed by atoms with E-state index >= 15 is 0 Å². The van der Waals surface area contributed by atoms with E-state index in [4.69, 9.17) is 4.74 Å². The Labute approximate surface area is 105 Å². The van der Waals surface area contributed by atoms with E-state index in [9.17, 15) is 9.90 Å². The van der Waals surface area contributed by atoms with Gasteiger partial charge in [0.1, 0.15) is 18.1 Å². The van der Waals surface area contributed by atoms with E-state index in [0.717, 1.165) is 5.56 Å². The first-order chi connectivity index (χ1) is 8.75. The first-order valence-electron chi connectivity index (χ1n) is 5.80. The molecule has 3 rings (SSSR count). The first kappa shape index (κ1) is 10.8. The molecule has 90 valence electrons. The minimum Gasteiger partial charge on any atom is -0.508 e. The Hall–Kier alpha value is -2.29. The second-order valence-corrected chi connectivity index (χ2v) is 4.32. The molecule has 0 fully saturated rings. The maximum Gasteiger partial charge on any atom is 0.177 e. The molecule has 1 aliphatic rings. The number of fused-ring (bicyclic) bond motifs is 1. The number of ether oxygens (including phenoxy) is 1. The monoisotopic (exact) mass is 240 g/mol. The maximum absolute atomic E-state index is 12.4. The summed E-state index contributed by atoms with van der Waals surface area (Å²) in [5.41, 5.74) is 1.39. The molecule has 0 radical (unpaired) electrons. The number of carbonyl (C=O) groups excluding carboxylic acids is 1. The van der Waals surface area contributed by atoms with Crippen molar-refractivity contribution < 1.29 is 14.6 Å². The number of ketones is 1. The Bertz CT molecular complexity index is 590. The number of hydrogen-bond acceptors (Lipinski definition) is 3. The fraction of sp³-hybridized carbons (Fsp3) is 0.133. The Morgan fingerprint density at radius 3 is 2.67 bits per heavy atom. The highest BCUT2D eigenvalue weighted by Crippen LogP contribution is 2.34. The van der Waals surface area contributed by atoms with Crippen LogP contribution in [0.3, 0.4) is 0 Å². The number of rotatable bonds is 1. The van der Waals surface area contributed by atoms with Gasteiger partial charge in [-0.3, -0.25) is 4.79 Å². The zero-order chi connectivity index (χ0) is 12.5. The molecule has 2 aromatic rings. The van der Waals surface area contributed by atoms with Crippen LogP contribution < -0.4 is 4.74 Å². The third kappa shape index (κ3) is 1.74. The van der Waals surface area contributed by atoms with Gasteiger partial charge in [0.2, 0.25) is 0 Å². The SMILES string of the molecule is O=C1c2cc(O)ccc2OCC1c1ccccc1. The molecule has 0 amide bonds. The van der Waals surface area contributed by atoms with Gasteiger partial charge in [-0.15, -0.1) is 0 Å². The van der Waals surface area contributed by atoms with Gasteiger partial charge >= 0.3 is 0 Å². The van der Waals surface area contributed by atoms with E-state index in [-0.39, 0.29) is 17.5 Å². The Morgan fingerprint density at radius 1 is 1.11 bits per heavy atom. The normalized spacial score (nSPS) is 18.0. The highest BCUT2D eigenvalue weighted by atomic mass is 16.5. The molecule has 1 N–H and O–H groups in total. The van der Waals surface area contributed by atoms with E-state index in [2.05, 4.69) is 0 Å². The van der Waals surface area contributed by atoms with Gasteiger partial charge in [0, 0.05) is 0 Å². The molecule has 0 spiro atoms. The number of Topliss-reactive ketones (excluding diaryl/α,β-unsaturated/α-hetero) is 1. The van der Waals surface area contributed by atoms with E-state index < -0.39 is 0 Å². The van der Waals surface area contributed by atoms with Crippen molar-refractivity contribution in [1.29, 1.82) is 0 Å². The number of aromatic hydroxyl groups is 1. The summed E-state index contributed by atoms with van der Waals surface area (Å²) in [7, 11) is 0. The predicted molar refractivity (Wildman–Crippen MR) is 67.1 cm³/mol. The van der Waals surface area contributed by atoms with Crippen molar-refractivity contribution in [2.45, 2.75) is 5.92 Å². The molecular formula is C15H12O3. The predicted octanol–water partition coefficient (Wildman–Crippen LogP) is 2.75. The van der Waals surface area contributed by atoms with Crippen LogP contribution in [0.4, 0.5) is 0 Å². The van der Waals surface area contributed by atoms with E-state index in [0.29, 0.717) is 17.9 Å². The minimum absolute atomic E-state index is 0.00153. The van der Waals surface area contributed by atoms with Crippen LogP contribution in [0.15, 0.2) is 48.5 Å². The van der Waals surface area contributed by atoms with Crippen LogP contribution in [0.2, 0.25) is 0 Å². The lowest BCUT2D eigenvalue weighted by Gasteiger charge is -2.24. The van der Waals surface area contributed by atoms with Crippen LogP contribution in [0, 0.1) is 0 Å². The van der Waals surface area contributed by atoms with Crippen molar-refractivity contribution in [3.05, 3.63) is 59.7 Å². The van der Waals surface area contributed by atoms with E-state index in [1.54, 1.807) is 6.07 Å². The van der Waals surface area contributed by atoms with Crippen LogP contribution in [-0.4, -0.2) is 17.5 Å². The minimum atomic E-state index is -0.291. The van der Waals surface area contributed by atoms with Crippen molar-refractivity contribution in [3.63, 3.8) is 0 Å². The first-order valence-corrected chi connectivity index (χ1v) is 5.80. The van der Waals surface area contributed by atoms with Crippen molar-refractivity contribution in [2.24, 2.45) is 0 Å². The quantitative estimate of drug-likeness (QED) is 0.833.